The van der Waals surface area contributed by atoms with Crippen molar-refractivity contribution in [2.24, 2.45) is 11.8 Å². The molecule has 2 N–H and O–H groups in total. The highest BCUT2D eigenvalue weighted by Gasteiger charge is 2.26. The Balaban J connectivity index is 2.68. The summed E-state index contributed by atoms with van der Waals surface area (Å²) in [7, 11) is 0. The maximum atomic E-state index is 11.9. The molecule has 1 amide bonds. The minimum Gasteiger partial charge on any atom is -0.444 e. The molecule has 21 heavy (non-hydrogen) atoms. The van der Waals surface area contributed by atoms with Gasteiger partial charge in [-0.25, -0.2) is 9.59 Å². The minimum atomic E-state index is -0.571. The number of hydrogen-bond acceptors (Lipinski definition) is 5. The molecule has 0 bridgehead atoms. The molecule has 0 aliphatic rings. The van der Waals surface area contributed by atoms with Crippen LogP contribution in [0.2, 0.25) is 0 Å². The highest BCUT2D eigenvalue weighted by atomic mass is 16.6. The standard InChI is InChI=1S/C14H25N3O4/c1-8(2)11(16-12(18)20-14(4,5)6)9(3)7-10-15-13(19)21-17-10/h8-9,11H,7H2,1-6H3,(H,16,18)(H,15,17,19)/t9?,11-/m1/s1. The van der Waals surface area contributed by atoms with Crippen LogP contribution >= 0.6 is 0 Å². The molecule has 2 atom stereocenters. The van der Waals surface area contributed by atoms with Gasteiger partial charge in [-0.05, 0) is 32.6 Å². The fourth-order valence-corrected chi connectivity index (χ4v) is 2.19. The molecule has 0 radical (unpaired) electrons. The van der Waals surface area contributed by atoms with Crippen molar-refractivity contribution >= 4 is 6.09 Å². The molecule has 0 saturated carbocycles. The summed E-state index contributed by atoms with van der Waals surface area (Å²) in [6.45, 7) is 11.5. The number of rotatable bonds is 5. The Morgan fingerprint density at radius 3 is 2.43 bits per heavy atom. The van der Waals surface area contributed by atoms with Gasteiger partial charge in [0.05, 0.1) is 0 Å². The van der Waals surface area contributed by atoms with Crippen molar-refractivity contribution in [2.75, 3.05) is 0 Å². The number of carbonyl (C=O) groups excluding carboxylic acids is 1. The predicted molar refractivity (Wildman–Crippen MR) is 78.0 cm³/mol. The Labute approximate surface area is 124 Å². The second-order valence-electron chi connectivity index (χ2n) is 6.64. The summed E-state index contributed by atoms with van der Waals surface area (Å²) in [6.07, 6.45) is 0.0615. The molecule has 1 aromatic heterocycles. The van der Waals surface area contributed by atoms with E-state index in [0.717, 1.165) is 0 Å². The number of ether oxygens (including phenoxy) is 1. The predicted octanol–water partition coefficient (Wildman–Crippen LogP) is 2.09. The van der Waals surface area contributed by atoms with E-state index in [0.29, 0.717) is 12.2 Å². The van der Waals surface area contributed by atoms with Crippen LogP contribution in [0.25, 0.3) is 0 Å². The Morgan fingerprint density at radius 2 is 2.00 bits per heavy atom. The molecule has 1 rings (SSSR count). The topological polar surface area (TPSA) is 97.2 Å². The maximum Gasteiger partial charge on any atom is 0.438 e. The van der Waals surface area contributed by atoms with Crippen LogP contribution in [0, 0.1) is 11.8 Å². The molecule has 0 aliphatic carbocycles. The van der Waals surface area contributed by atoms with E-state index in [9.17, 15) is 9.59 Å². The third-order valence-electron chi connectivity index (χ3n) is 3.02. The summed E-state index contributed by atoms with van der Waals surface area (Å²) in [5.74, 6) is 0.187. The zero-order valence-electron chi connectivity index (χ0n) is 13.5. The van der Waals surface area contributed by atoms with Crippen molar-refractivity contribution in [3.63, 3.8) is 0 Å². The zero-order chi connectivity index (χ0) is 16.2. The molecule has 0 fully saturated rings. The van der Waals surface area contributed by atoms with Crippen LogP contribution in [0.5, 0.6) is 0 Å². The second-order valence-corrected chi connectivity index (χ2v) is 6.64. The number of nitrogens with one attached hydrogen (secondary N) is 2. The van der Waals surface area contributed by atoms with Crippen molar-refractivity contribution < 1.29 is 14.1 Å². The monoisotopic (exact) mass is 299 g/mol. The number of alkyl carbamates (subject to hydrolysis) is 1. The van der Waals surface area contributed by atoms with E-state index in [1.54, 1.807) is 0 Å². The summed E-state index contributed by atoms with van der Waals surface area (Å²) >= 11 is 0. The van der Waals surface area contributed by atoms with Gasteiger partial charge < -0.3 is 10.1 Å². The molecular formula is C14H25N3O4. The zero-order valence-corrected chi connectivity index (χ0v) is 13.5. The van der Waals surface area contributed by atoms with Crippen LogP contribution < -0.4 is 11.1 Å². The van der Waals surface area contributed by atoms with Crippen molar-refractivity contribution in [3.05, 3.63) is 16.4 Å². The minimum absolute atomic E-state index is 0.0678. The smallest absolute Gasteiger partial charge is 0.438 e. The van der Waals surface area contributed by atoms with Crippen LogP contribution in [0.15, 0.2) is 9.32 Å². The fourth-order valence-electron chi connectivity index (χ4n) is 2.19. The van der Waals surface area contributed by atoms with E-state index in [-0.39, 0.29) is 17.9 Å². The lowest BCUT2D eigenvalue weighted by atomic mass is 9.89. The first-order valence-electron chi connectivity index (χ1n) is 7.13. The Bertz CT molecular complexity index is 513. The van der Waals surface area contributed by atoms with Crippen LogP contribution in [-0.2, 0) is 11.2 Å². The van der Waals surface area contributed by atoms with Crippen LogP contribution in [0.3, 0.4) is 0 Å². The van der Waals surface area contributed by atoms with Crippen molar-refractivity contribution in [3.8, 4) is 0 Å². The van der Waals surface area contributed by atoms with E-state index in [2.05, 4.69) is 20.0 Å². The van der Waals surface area contributed by atoms with Gasteiger partial charge in [0.2, 0.25) is 0 Å². The Hall–Kier alpha value is -1.79. The largest absolute Gasteiger partial charge is 0.444 e. The lowest BCUT2D eigenvalue weighted by Gasteiger charge is -2.29. The van der Waals surface area contributed by atoms with Gasteiger partial charge in [-0.15, -0.1) is 0 Å². The molecule has 1 heterocycles. The molecule has 1 unspecified atom stereocenters. The van der Waals surface area contributed by atoms with Gasteiger partial charge in [-0.2, -0.15) is 0 Å². The molecule has 0 aliphatic heterocycles. The lowest BCUT2D eigenvalue weighted by molar-refractivity contribution is 0.0468. The summed E-state index contributed by atoms with van der Waals surface area (Å²) in [4.78, 5) is 25.4. The van der Waals surface area contributed by atoms with Gasteiger partial charge in [0.15, 0.2) is 5.82 Å². The lowest BCUT2D eigenvalue weighted by Crippen LogP contribution is -2.45. The van der Waals surface area contributed by atoms with Gasteiger partial charge in [0.25, 0.3) is 0 Å². The quantitative estimate of drug-likeness (QED) is 0.867. The summed E-state index contributed by atoms with van der Waals surface area (Å²) in [5.41, 5.74) is -0.536. The van der Waals surface area contributed by atoms with Gasteiger partial charge >= 0.3 is 11.8 Å². The highest BCUT2D eigenvalue weighted by Crippen LogP contribution is 2.17. The molecule has 1 aromatic rings. The SMILES string of the molecule is CC(C)[C@@H](NC(=O)OC(C)(C)C)C(C)Cc1noc(=O)[nH]1. The van der Waals surface area contributed by atoms with Crippen LogP contribution in [0.4, 0.5) is 4.79 Å². The van der Waals surface area contributed by atoms with Crippen molar-refractivity contribution in [1.82, 2.24) is 15.5 Å². The van der Waals surface area contributed by atoms with Gasteiger partial charge in [0, 0.05) is 12.5 Å². The maximum absolute atomic E-state index is 11.9. The highest BCUT2D eigenvalue weighted by molar-refractivity contribution is 5.68. The molecule has 7 nitrogen and oxygen atoms in total. The Morgan fingerprint density at radius 1 is 1.38 bits per heavy atom. The van der Waals surface area contributed by atoms with Crippen molar-refractivity contribution in [1.29, 1.82) is 0 Å². The first-order chi connectivity index (χ1) is 9.58. The number of aromatic amines is 1. The average molecular weight is 299 g/mol. The molecule has 120 valence electrons. The normalized spacial score (nSPS) is 14.8. The number of nitrogens with zero attached hydrogens (tertiary/aromatic N) is 1. The van der Waals surface area contributed by atoms with Crippen LogP contribution in [-0.4, -0.2) is 27.9 Å². The van der Waals surface area contributed by atoms with Gasteiger partial charge in [-0.1, -0.05) is 25.9 Å². The van der Waals surface area contributed by atoms with E-state index in [1.807, 2.05) is 41.5 Å². The van der Waals surface area contributed by atoms with E-state index >= 15 is 0 Å². The van der Waals surface area contributed by atoms with E-state index in [1.165, 1.54) is 0 Å². The number of carbonyl (C=O) groups is 1. The average Bonchev–Trinajstić information content (AvgIpc) is 2.68. The summed E-state index contributed by atoms with van der Waals surface area (Å²) in [6, 6.07) is -0.0972. The van der Waals surface area contributed by atoms with E-state index in [4.69, 9.17) is 4.74 Å². The fraction of sp³-hybridized carbons (Fsp3) is 0.786. The van der Waals surface area contributed by atoms with Crippen LogP contribution in [0.1, 0.15) is 47.4 Å². The first-order valence-corrected chi connectivity index (χ1v) is 7.13. The molecule has 0 spiro atoms. The number of aromatic nitrogens is 2. The van der Waals surface area contributed by atoms with Gasteiger partial charge in [-0.3, -0.25) is 9.51 Å². The summed E-state index contributed by atoms with van der Waals surface area (Å²) in [5, 5.41) is 6.54. The number of H-pyrrole nitrogens is 1. The van der Waals surface area contributed by atoms with E-state index < -0.39 is 17.5 Å². The van der Waals surface area contributed by atoms with Gasteiger partial charge in [0.1, 0.15) is 5.60 Å². The third kappa shape index (κ3) is 6.01. The second kappa shape index (κ2) is 6.78. The van der Waals surface area contributed by atoms with Crippen molar-refractivity contribution in [2.45, 2.75) is 59.6 Å². The third-order valence-corrected chi connectivity index (χ3v) is 3.02. The first kappa shape index (κ1) is 17.3. The molecular weight excluding hydrogens is 274 g/mol. The molecule has 7 heteroatoms. The summed E-state index contributed by atoms with van der Waals surface area (Å²) < 4.78 is 9.76. The molecule has 0 aromatic carbocycles. The Kier molecular flexibility index (Phi) is 5.57. The number of hydrogen-bond donors (Lipinski definition) is 2. The molecule has 0 saturated heterocycles. The number of amides is 1.